The van der Waals surface area contributed by atoms with E-state index in [1.807, 2.05) is 0 Å². The smallest absolute Gasteiger partial charge is 0.339 e. The molecule has 0 saturated carbocycles. The Hall–Kier alpha value is -1.55. The first kappa shape index (κ1) is 9.02. The fourth-order valence-corrected chi connectivity index (χ4v) is 1.16. The lowest BCUT2D eigenvalue weighted by atomic mass is 10.6. The van der Waals surface area contributed by atoms with Crippen LogP contribution < -0.4 is 10.7 Å². The number of imide groups is 2. The number of amides is 4. The Morgan fingerprint density at radius 1 is 1.21 bits per heavy atom. The molecule has 2 N–H and O–H groups in total. The van der Waals surface area contributed by atoms with E-state index < -0.39 is 22.9 Å². The van der Waals surface area contributed by atoms with Gasteiger partial charge >= 0.3 is 17.8 Å². The van der Waals surface area contributed by atoms with Crippen LogP contribution >= 0.6 is 0 Å². The molecule has 76 valence electrons. The monoisotopic (exact) mass is 200 g/mol. The number of carbonyl (C=O) groups is 3. The van der Waals surface area contributed by atoms with Gasteiger partial charge in [-0.25, -0.2) is 10.2 Å². The van der Waals surface area contributed by atoms with E-state index in [-0.39, 0.29) is 6.67 Å². The van der Waals surface area contributed by atoms with Crippen LogP contribution in [0.5, 0.6) is 0 Å². The molecule has 9 nitrogen and oxygen atoms in total. The predicted molar refractivity (Wildman–Crippen MR) is 40.3 cm³/mol. The van der Waals surface area contributed by atoms with Gasteiger partial charge in [0.05, 0.1) is 13.3 Å². The van der Waals surface area contributed by atoms with Crippen molar-refractivity contribution in [1.82, 2.24) is 25.9 Å². The highest BCUT2D eigenvalue weighted by atomic mass is 16.5. The maximum Gasteiger partial charge on any atom is 0.339 e. The second-order valence-electron chi connectivity index (χ2n) is 2.64. The van der Waals surface area contributed by atoms with E-state index in [9.17, 15) is 19.6 Å². The molecule has 2 aliphatic rings. The van der Waals surface area contributed by atoms with Gasteiger partial charge in [0.1, 0.15) is 0 Å². The minimum absolute atomic E-state index is 0.165. The molecule has 14 heavy (non-hydrogen) atoms. The van der Waals surface area contributed by atoms with Gasteiger partial charge in [-0.1, -0.05) is 0 Å². The van der Waals surface area contributed by atoms with Crippen molar-refractivity contribution in [1.29, 1.82) is 0 Å². The summed E-state index contributed by atoms with van der Waals surface area (Å²) in [6, 6.07) is -1.20. The van der Waals surface area contributed by atoms with Gasteiger partial charge in [-0.2, -0.15) is 5.01 Å². The van der Waals surface area contributed by atoms with Gasteiger partial charge in [-0.3, -0.25) is 14.9 Å². The molecule has 0 aromatic heterocycles. The van der Waals surface area contributed by atoms with Crippen LogP contribution in [-0.2, 0) is 9.59 Å². The summed E-state index contributed by atoms with van der Waals surface area (Å²) in [6.07, 6.45) is 0. The third kappa shape index (κ3) is 1.08. The van der Waals surface area contributed by atoms with Gasteiger partial charge in [0.25, 0.3) is 0 Å². The third-order valence-corrected chi connectivity index (χ3v) is 1.80. The van der Waals surface area contributed by atoms with Gasteiger partial charge < -0.3 is 10.3 Å². The van der Waals surface area contributed by atoms with Gasteiger partial charge in [-0.05, 0) is 0 Å². The third-order valence-electron chi connectivity index (χ3n) is 1.80. The highest BCUT2D eigenvalue weighted by Crippen LogP contribution is 2.12. The fourth-order valence-electron chi connectivity index (χ4n) is 1.16. The van der Waals surface area contributed by atoms with Crippen LogP contribution in [0.1, 0.15) is 0 Å². The van der Waals surface area contributed by atoms with Crippen molar-refractivity contribution in [2.24, 2.45) is 0 Å². The predicted octanol–water partition coefficient (Wildman–Crippen LogP) is -2.49. The van der Waals surface area contributed by atoms with Gasteiger partial charge in [0.15, 0.2) is 0 Å². The second-order valence-corrected chi connectivity index (χ2v) is 2.64. The van der Waals surface area contributed by atoms with E-state index in [0.29, 0.717) is 11.7 Å². The number of nitrogens with zero attached hydrogens (tertiary/aromatic N) is 3. The highest BCUT2D eigenvalue weighted by molar-refractivity contribution is 6.44. The van der Waals surface area contributed by atoms with Crippen LogP contribution in [0.15, 0.2) is 0 Å². The Balaban J connectivity index is 2.22. The summed E-state index contributed by atoms with van der Waals surface area (Å²) in [5, 5.41) is 14.6. The molecule has 2 saturated heterocycles. The number of urea groups is 1. The minimum Gasteiger partial charge on any atom is -0.748 e. The van der Waals surface area contributed by atoms with Crippen LogP contribution in [0.3, 0.4) is 0 Å². The fraction of sp³-hybridized carbons (Fsp3) is 0.400. The zero-order valence-corrected chi connectivity index (χ0v) is 6.89. The minimum atomic E-state index is -1.37. The topological polar surface area (TPSA) is 108 Å². The highest BCUT2D eigenvalue weighted by Gasteiger charge is 2.44. The van der Waals surface area contributed by atoms with Gasteiger partial charge in [-0.15, -0.1) is 5.12 Å². The Kier molecular flexibility index (Phi) is 1.93. The van der Waals surface area contributed by atoms with E-state index in [2.05, 4.69) is 10.7 Å². The maximum atomic E-state index is 11.1. The molecule has 0 radical (unpaired) electrons. The first-order valence-corrected chi connectivity index (χ1v) is 3.74. The molecule has 0 unspecified atom stereocenters. The molecule has 9 heteroatoms. The molecule has 0 atom stereocenters. The molecule has 0 aromatic carbocycles. The number of rotatable bonds is 1. The molecular weight excluding hydrogens is 194 g/mol. The Morgan fingerprint density at radius 2 is 1.93 bits per heavy atom. The lowest BCUT2D eigenvalue weighted by Crippen LogP contribution is -2.50. The SMILES string of the molecule is O=C1C(=O)N(N2CNCN2)C(=O)N1[O-]. The number of hydrazine groups is 2. The standard InChI is InChI=1S/C5H6N5O4/c11-3-4(12)10(14)5(13)9(3)8-2-6-1-7-8/h6-7H,1-2H2/q-1. The first-order chi connectivity index (χ1) is 6.63. The first-order valence-electron chi connectivity index (χ1n) is 3.74. The second kappa shape index (κ2) is 2.99. The summed E-state index contributed by atoms with van der Waals surface area (Å²) >= 11 is 0. The molecule has 4 amide bonds. The largest absolute Gasteiger partial charge is 0.748 e. The summed E-state index contributed by atoms with van der Waals surface area (Å²) in [5.41, 5.74) is 2.59. The summed E-state index contributed by atoms with van der Waals surface area (Å²) in [5.74, 6) is -2.52. The molecule has 2 heterocycles. The number of nitrogens with one attached hydrogen (secondary N) is 2. The average Bonchev–Trinajstić information content (AvgIpc) is 2.73. The lowest BCUT2D eigenvalue weighted by Gasteiger charge is -2.24. The van der Waals surface area contributed by atoms with Crippen molar-refractivity contribution in [2.45, 2.75) is 0 Å². The molecule has 0 aliphatic carbocycles. The van der Waals surface area contributed by atoms with Crippen molar-refractivity contribution in [3.05, 3.63) is 5.21 Å². The zero-order valence-electron chi connectivity index (χ0n) is 6.89. The quantitative estimate of drug-likeness (QED) is 0.356. The molecule has 0 bridgehead atoms. The maximum absolute atomic E-state index is 11.1. The summed E-state index contributed by atoms with van der Waals surface area (Å²) in [4.78, 5) is 33.0. The number of carbonyl (C=O) groups excluding carboxylic acids is 3. The van der Waals surface area contributed by atoms with Crippen molar-refractivity contribution in [3.8, 4) is 0 Å². The Morgan fingerprint density at radius 3 is 2.36 bits per heavy atom. The number of hydrogen-bond donors (Lipinski definition) is 2. The zero-order chi connectivity index (χ0) is 10.3. The van der Waals surface area contributed by atoms with E-state index >= 15 is 0 Å². The van der Waals surface area contributed by atoms with Crippen molar-refractivity contribution < 1.29 is 14.4 Å². The van der Waals surface area contributed by atoms with E-state index in [1.54, 1.807) is 0 Å². The molecule has 2 rings (SSSR count). The average molecular weight is 200 g/mol. The lowest BCUT2D eigenvalue weighted by molar-refractivity contribution is -0.150. The van der Waals surface area contributed by atoms with Gasteiger partial charge in [0, 0.05) is 0 Å². The van der Waals surface area contributed by atoms with Crippen LogP contribution in [-0.4, -0.2) is 46.4 Å². The molecular formula is C5H6N5O4-. The van der Waals surface area contributed by atoms with E-state index in [1.165, 1.54) is 0 Å². The van der Waals surface area contributed by atoms with Crippen LogP contribution in [0.4, 0.5) is 4.79 Å². The van der Waals surface area contributed by atoms with Gasteiger partial charge in [0.2, 0.25) is 0 Å². The Bertz CT molecular complexity index is 311. The van der Waals surface area contributed by atoms with Crippen molar-refractivity contribution in [2.75, 3.05) is 13.3 Å². The number of hydroxylamine groups is 2. The van der Waals surface area contributed by atoms with E-state index in [0.717, 1.165) is 5.12 Å². The molecule has 0 aromatic rings. The van der Waals surface area contributed by atoms with Crippen LogP contribution in [0.25, 0.3) is 0 Å². The van der Waals surface area contributed by atoms with Crippen molar-refractivity contribution >= 4 is 17.8 Å². The summed E-state index contributed by atoms with van der Waals surface area (Å²) in [6.45, 7) is 0.517. The number of hydrogen-bond acceptors (Lipinski definition) is 7. The molecule has 2 aliphatic heterocycles. The summed E-state index contributed by atoms with van der Waals surface area (Å²) in [7, 11) is 0. The summed E-state index contributed by atoms with van der Waals surface area (Å²) < 4.78 is 0. The van der Waals surface area contributed by atoms with Crippen molar-refractivity contribution in [3.63, 3.8) is 0 Å². The Labute approximate surface area is 77.7 Å². The van der Waals surface area contributed by atoms with Crippen LogP contribution in [0, 0.1) is 5.21 Å². The molecule has 2 fully saturated rings. The van der Waals surface area contributed by atoms with E-state index in [4.69, 9.17) is 0 Å². The normalized spacial score (nSPS) is 24.2. The molecule has 0 spiro atoms. The van der Waals surface area contributed by atoms with Crippen LogP contribution in [0.2, 0.25) is 0 Å².